The number of nitrogens with zero attached hydrogens (tertiary/aromatic N) is 1. The lowest BCUT2D eigenvalue weighted by molar-refractivity contribution is -0.116. The number of carbonyl (C=O) groups excluding carboxylic acids is 2. The molecule has 0 unspecified atom stereocenters. The van der Waals surface area contributed by atoms with Crippen molar-refractivity contribution in [2.75, 3.05) is 29.9 Å². The maximum Gasteiger partial charge on any atom is 0.315 e. The van der Waals surface area contributed by atoms with Gasteiger partial charge in [-0.05, 0) is 51.0 Å². The Bertz CT molecular complexity index is 564. The molecule has 1 saturated carbocycles. The summed E-state index contributed by atoms with van der Waals surface area (Å²) in [6.07, 6.45) is 5.99. The van der Waals surface area contributed by atoms with Crippen molar-refractivity contribution in [3.63, 3.8) is 0 Å². The highest BCUT2D eigenvalue weighted by molar-refractivity contribution is 5.91. The average molecular weight is 361 g/mol. The summed E-state index contributed by atoms with van der Waals surface area (Å²) in [7, 11) is 0. The van der Waals surface area contributed by atoms with Crippen LogP contribution >= 0.6 is 0 Å². The summed E-state index contributed by atoms with van der Waals surface area (Å²) < 4.78 is 0. The zero-order chi connectivity index (χ0) is 18.8. The highest BCUT2D eigenvalue weighted by Crippen LogP contribution is 2.18. The van der Waals surface area contributed by atoms with Crippen LogP contribution in [0.25, 0.3) is 0 Å². The normalized spacial score (nSPS) is 14.5. The first-order valence-corrected chi connectivity index (χ1v) is 9.81. The third-order valence-electron chi connectivity index (χ3n) is 4.86. The summed E-state index contributed by atoms with van der Waals surface area (Å²) in [5, 5.41) is 8.62. The van der Waals surface area contributed by atoms with Gasteiger partial charge in [0.2, 0.25) is 5.91 Å². The van der Waals surface area contributed by atoms with Crippen molar-refractivity contribution in [2.45, 2.75) is 58.4 Å². The molecule has 0 aromatic heterocycles. The number of rotatable bonds is 8. The fourth-order valence-corrected chi connectivity index (χ4v) is 3.34. The lowest BCUT2D eigenvalue weighted by Crippen LogP contribution is -2.43. The van der Waals surface area contributed by atoms with E-state index in [1.54, 1.807) is 0 Å². The quantitative estimate of drug-likeness (QED) is 0.664. The molecule has 1 aliphatic carbocycles. The van der Waals surface area contributed by atoms with Crippen LogP contribution < -0.4 is 20.9 Å². The van der Waals surface area contributed by atoms with Gasteiger partial charge in [-0.1, -0.05) is 19.3 Å². The molecule has 1 fully saturated rings. The number of carbonyl (C=O) groups is 2. The number of benzene rings is 1. The number of urea groups is 1. The molecular formula is C20H32N4O2. The average Bonchev–Trinajstić information content (AvgIpc) is 2.65. The Hall–Kier alpha value is -2.24. The first-order valence-electron chi connectivity index (χ1n) is 9.81. The SMILES string of the molecule is CCN(CC)c1ccc(NC(=O)CCNC(=O)NC2CCCCC2)cc1. The fourth-order valence-electron chi connectivity index (χ4n) is 3.34. The van der Waals surface area contributed by atoms with E-state index in [0.717, 1.165) is 37.3 Å². The van der Waals surface area contributed by atoms with Crippen LogP contribution in [0.4, 0.5) is 16.2 Å². The Morgan fingerprint density at radius 2 is 1.69 bits per heavy atom. The predicted octanol–water partition coefficient (Wildman–Crippen LogP) is 3.49. The number of amides is 3. The summed E-state index contributed by atoms with van der Waals surface area (Å²) in [5.41, 5.74) is 1.92. The maximum absolute atomic E-state index is 12.0. The third kappa shape index (κ3) is 6.58. The van der Waals surface area contributed by atoms with Gasteiger partial charge in [-0.2, -0.15) is 0 Å². The van der Waals surface area contributed by atoms with Gasteiger partial charge in [0.25, 0.3) is 0 Å². The zero-order valence-electron chi connectivity index (χ0n) is 16.0. The van der Waals surface area contributed by atoms with Crippen molar-refractivity contribution in [1.29, 1.82) is 0 Å². The second-order valence-corrected chi connectivity index (χ2v) is 6.75. The second-order valence-electron chi connectivity index (χ2n) is 6.75. The van der Waals surface area contributed by atoms with E-state index in [1.165, 1.54) is 19.3 Å². The van der Waals surface area contributed by atoms with Crippen LogP contribution in [0.5, 0.6) is 0 Å². The fraction of sp³-hybridized carbons (Fsp3) is 0.600. The summed E-state index contributed by atoms with van der Waals surface area (Å²) in [4.78, 5) is 26.1. The molecule has 0 radical (unpaired) electrons. The van der Waals surface area contributed by atoms with Crippen LogP contribution in [-0.4, -0.2) is 37.6 Å². The van der Waals surface area contributed by atoms with Gasteiger partial charge in [0, 0.05) is 43.5 Å². The number of hydrogen-bond acceptors (Lipinski definition) is 3. The molecule has 2 rings (SSSR count). The van der Waals surface area contributed by atoms with Crippen molar-refractivity contribution in [3.05, 3.63) is 24.3 Å². The molecule has 1 aliphatic rings. The molecule has 6 nitrogen and oxygen atoms in total. The molecule has 1 aromatic carbocycles. The van der Waals surface area contributed by atoms with Crippen molar-refractivity contribution >= 4 is 23.3 Å². The lowest BCUT2D eigenvalue weighted by atomic mass is 9.96. The molecule has 0 spiro atoms. The molecule has 0 atom stereocenters. The molecule has 26 heavy (non-hydrogen) atoms. The molecule has 144 valence electrons. The van der Waals surface area contributed by atoms with E-state index in [-0.39, 0.29) is 24.4 Å². The molecule has 0 heterocycles. The van der Waals surface area contributed by atoms with E-state index in [0.29, 0.717) is 6.54 Å². The summed E-state index contributed by atoms with van der Waals surface area (Å²) in [5.74, 6) is -0.0986. The number of anilines is 2. The summed E-state index contributed by atoms with van der Waals surface area (Å²) in [6.45, 7) is 6.49. The van der Waals surface area contributed by atoms with Crippen LogP contribution in [0.15, 0.2) is 24.3 Å². The smallest absolute Gasteiger partial charge is 0.315 e. The van der Waals surface area contributed by atoms with Gasteiger partial charge >= 0.3 is 6.03 Å². The Kier molecular flexibility index (Phi) is 8.25. The molecule has 0 saturated heterocycles. The molecule has 3 amide bonds. The third-order valence-corrected chi connectivity index (χ3v) is 4.86. The highest BCUT2D eigenvalue weighted by atomic mass is 16.2. The van der Waals surface area contributed by atoms with Crippen LogP contribution in [0.2, 0.25) is 0 Å². The van der Waals surface area contributed by atoms with Crippen LogP contribution in [0.3, 0.4) is 0 Å². The number of nitrogens with one attached hydrogen (secondary N) is 3. The van der Waals surface area contributed by atoms with Crippen LogP contribution in [0, 0.1) is 0 Å². The topological polar surface area (TPSA) is 73.5 Å². The van der Waals surface area contributed by atoms with E-state index < -0.39 is 0 Å². The Morgan fingerprint density at radius 1 is 1.04 bits per heavy atom. The maximum atomic E-state index is 12.0. The minimum atomic E-state index is -0.173. The van der Waals surface area contributed by atoms with Crippen LogP contribution in [0.1, 0.15) is 52.4 Å². The Balaban J connectivity index is 1.67. The van der Waals surface area contributed by atoms with Gasteiger partial charge in [0.1, 0.15) is 0 Å². The molecule has 6 heteroatoms. The van der Waals surface area contributed by atoms with Crippen molar-refractivity contribution < 1.29 is 9.59 Å². The highest BCUT2D eigenvalue weighted by Gasteiger charge is 2.15. The van der Waals surface area contributed by atoms with Crippen molar-refractivity contribution in [3.8, 4) is 0 Å². The standard InChI is InChI=1S/C20H32N4O2/c1-3-24(4-2)18-12-10-17(11-13-18)22-19(25)14-15-21-20(26)23-16-8-6-5-7-9-16/h10-13,16H,3-9,14-15H2,1-2H3,(H,22,25)(H2,21,23,26). The van der Waals surface area contributed by atoms with Crippen LogP contribution in [-0.2, 0) is 4.79 Å². The van der Waals surface area contributed by atoms with E-state index in [4.69, 9.17) is 0 Å². The molecule has 3 N–H and O–H groups in total. The minimum absolute atomic E-state index is 0.0986. The van der Waals surface area contributed by atoms with Crippen molar-refractivity contribution in [2.24, 2.45) is 0 Å². The molecule has 0 bridgehead atoms. The van der Waals surface area contributed by atoms with Gasteiger partial charge in [-0.15, -0.1) is 0 Å². The van der Waals surface area contributed by atoms with E-state index >= 15 is 0 Å². The zero-order valence-corrected chi connectivity index (χ0v) is 16.0. The first-order chi connectivity index (χ1) is 12.6. The lowest BCUT2D eigenvalue weighted by Gasteiger charge is -2.22. The molecular weight excluding hydrogens is 328 g/mol. The summed E-state index contributed by atoms with van der Waals surface area (Å²) >= 11 is 0. The number of hydrogen-bond donors (Lipinski definition) is 3. The van der Waals surface area contributed by atoms with Gasteiger partial charge in [0.05, 0.1) is 0 Å². The van der Waals surface area contributed by atoms with E-state index in [2.05, 4.69) is 34.7 Å². The van der Waals surface area contributed by atoms with Gasteiger partial charge in [-0.3, -0.25) is 4.79 Å². The van der Waals surface area contributed by atoms with E-state index in [1.807, 2.05) is 24.3 Å². The second kappa shape index (κ2) is 10.7. The predicted molar refractivity (Wildman–Crippen MR) is 107 cm³/mol. The Morgan fingerprint density at radius 3 is 2.31 bits per heavy atom. The molecule has 1 aromatic rings. The largest absolute Gasteiger partial charge is 0.372 e. The summed E-state index contributed by atoms with van der Waals surface area (Å²) in [6, 6.07) is 7.95. The van der Waals surface area contributed by atoms with Gasteiger partial charge in [0.15, 0.2) is 0 Å². The van der Waals surface area contributed by atoms with Crippen molar-refractivity contribution in [1.82, 2.24) is 10.6 Å². The van der Waals surface area contributed by atoms with E-state index in [9.17, 15) is 9.59 Å². The monoisotopic (exact) mass is 360 g/mol. The minimum Gasteiger partial charge on any atom is -0.372 e. The van der Waals surface area contributed by atoms with Gasteiger partial charge < -0.3 is 20.9 Å². The van der Waals surface area contributed by atoms with Gasteiger partial charge in [-0.25, -0.2) is 4.79 Å². The molecule has 0 aliphatic heterocycles. The Labute approximate surface area is 156 Å². The first kappa shape index (κ1) is 20.1.